The van der Waals surface area contributed by atoms with Crippen molar-refractivity contribution in [2.24, 2.45) is 11.1 Å². The van der Waals surface area contributed by atoms with Gasteiger partial charge in [-0.1, -0.05) is 19.3 Å². The van der Waals surface area contributed by atoms with Gasteiger partial charge < -0.3 is 11.1 Å². The second kappa shape index (κ2) is 5.89. The van der Waals surface area contributed by atoms with Gasteiger partial charge in [-0.2, -0.15) is 5.10 Å². The molecule has 0 radical (unpaired) electrons. The fourth-order valence-electron chi connectivity index (χ4n) is 4.63. The van der Waals surface area contributed by atoms with Crippen molar-refractivity contribution in [3.05, 3.63) is 11.6 Å². The SMILES string of the molecule is NC(=O)Cc1nc([C@H]2CC23CCNCC3)n(C2CCCCC2)n1. The zero-order valence-electron chi connectivity index (χ0n) is 13.8. The molecule has 2 heterocycles. The highest BCUT2D eigenvalue weighted by Crippen LogP contribution is 2.64. The molecule has 2 aliphatic carbocycles. The molecule has 3 aliphatic rings. The minimum absolute atomic E-state index is 0.161. The highest BCUT2D eigenvalue weighted by atomic mass is 16.1. The van der Waals surface area contributed by atoms with Crippen LogP contribution in [0.4, 0.5) is 0 Å². The Bertz CT molecular complexity index is 584. The summed E-state index contributed by atoms with van der Waals surface area (Å²) in [6, 6.07) is 0.465. The fourth-order valence-corrected chi connectivity index (χ4v) is 4.63. The van der Waals surface area contributed by atoms with Crippen molar-refractivity contribution in [1.82, 2.24) is 20.1 Å². The van der Waals surface area contributed by atoms with Crippen LogP contribution >= 0.6 is 0 Å². The van der Waals surface area contributed by atoms with Crippen LogP contribution in [0.25, 0.3) is 0 Å². The summed E-state index contributed by atoms with van der Waals surface area (Å²) in [6.45, 7) is 2.23. The number of primary amides is 1. The lowest BCUT2D eigenvalue weighted by atomic mass is 9.91. The molecule has 1 aromatic rings. The summed E-state index contributed by atoms with van der Waals surface area (Å²) < 4.78 is 2.18. The molecule has 4 rings (SSSR count). The van der Waals surface area contributed by atoms with Crippen LogP contribution in [0.3, 0.4) is 0 Å². The van der Waals surface area contributed by atoms with E-state index in [1.54, 1.807) is 0 Å². The molecule has 0 bridgehead atoms. The predicted octanol–water partition coefficient (Wildman–Crippen LogP) is 1.67. The monoisotopic (exact) mass is 317 g/mol. The van der Waals surface area contributed by atoms with E-state index in [-0.39, 0.29) is 12.3 Å². The van der Waals surface area contributed by atoms with Crippen LogP contribution in [0.2, 0.25) is 0 Å². The summed E-state index contributed by atoms with van der Waals surface area (Å²) in [4.78, 5) is 16.0. The number of carbonyl (C=O) groups excluding carboxylic acids is 1. The molecule has 6 heteroatoms. The average Bonchev–Trinajstić information content (AvgIpc) is 3.07. The quantitative estimate of drug-likeness (QED) is 0.884. The second-order valence-electron chi connectivity index (χ2n) is 7.63. The minimum Gasteiger partial charge on any atom is -0.369 e. The number of piperidine rings is 1. The first-order chi connectivity index (χ1) is 11.2. The maximum Gasteiger partial charge on any atom is 0.225 e. The molecule has 6 nitrogen and oxygen atoms in total. The van der Waals surface area contributed by atoms with Crippen molar-refractivity contribution in [2.45, 2.75) is 69.7 Å². The number of hydrogen-bond acceptors (Lipinski definition) is 4. The van der Waals surface area contributed by atoms with E-state index in [1.165, 1.54) is 51.4 Å². The van der Waals surface area contributed by atoms with Gasteiger partial charge in [-0.15, -0.1) is 0 Å². The lowest BCUT2D eigenvalue weighted by molar-refractivity contribution is -0.117. The van der Waals surface area contributed by atoms with Gasteiger partial charge in [0.05, 0.1) is 12.5 Å². The van der Waals surface area contributed by atoms with Gasteiger partial charge in [-0.25, -0.2) is 9.67 Å². The van der Waals surface area contributed by atoms with Gasteiger partial charge in [0.1, 0.15) is 5.82 Å². The van der Waals surface area contributed by atoms with Gasteiger partial charge >= 0.3 is 0 Å². The third kappa shape index (κ3) is 2.89. The number of nitrogens with zero attached hydrogens (tertiary/aromatic N) is 3. The Balaban J connectivity index is 1.61. The topological polar surface area (TPSA) is 85.8 Å². The largest absolute Gasteiger partial charge is 0.369 e. The Labute approximate surface area is 137 Å². The van der Waals surface area contributed by atoms with Crippen molar-refractivity contribution < 1.29 is 4.79 Å². The highest BCUT2D eigenvalue weighted by Gasteiger charge is 2.57. The first kappa shape index (κ1) is 15.1. The van der Waals surface area contributed by atoms with Gasteiger partial charge in [0.2, 0.25) is 5.91 Å². The highest BCUT2D eigenvalue weighted by molar-refractivity contribution is 5.75. The molecule has 1 aliphatic heterocycles. The van der Waals surface area contributed by atoms with Crippen LogP contribution in [0.15, 0.2) is 0 Å². The van der Waals surface area contributed by atoms with E-state index >= 15 is 0 Å². The molecule has 126 valence electrons. The van der Waals surface area contributed by atoms with Gasteiger partial charge in [0.25, 0.3) is 0 Å². The van der Waals surface area contributed by atoms with Gasteiger partial charge in [0, 0.05) is 5.92 Å². The third-order valence-electron chi connectivity index (χ3n) is 6.06. The lowest BCUT2D eigenvalue weighted by Crippen LogP contribution is -2.30. The number of carbonyl (C=O) groups is 1. The van der Waals surface area contributed by atoms with E-state index in [0.29, 0.717) is 23.2 Å². The van der Waals surface area contributed by atoms with Crippen LogP contribution in [-0.4, -0.2) is 33.8 Å². The Morgan fingerprint density at radius 2 is 2.00 bits per heavy atom. The van der Waals surface area contributed by atoms with Gasteiger partial charge in [0.15, 0.2) is 5.82 Å². The van der Waals surface area contributed by atoms with Crippen LogP contribution in [0.5, 0.6) is 0 Å². The van der Waals surface area contributed by atoms with Crippen LogP contribution in [-0.2, 0) is 11.2 Å². The number of nitrogens with two attached hydrogens (primary N) is 1. The number of rotatable bonds is 4. The first-order valence-corrected chi connectivity index (χ1v) is 9.12. The molecular weight excluding hydrogens is 290 g/mol. The molecule has 1 aromatic heterocycles. The molecule has 3 N–H and O–H groups in total. The lowest BCUT2D eigenvalue weighted by Gasteiger charge is -2.26. The molecule has 1 atom stereocenters. The minimum atomic E-state index is -0.343. The van der Waals surface area contributed by atoms with Crippen molar-refractivity contribution in [1.29, 1.82) is 0 Å². The van der Waals surface area contributed by atoms with Crippen molar-refractivity contribution in [2.75, 3.05) is 13.1 Å². The van der Waals surface area contributed by atoms with Crippen LogP contribution in [0.1, 0.15) is 75.0 Å². The van der Waals surface area contributed by atoms with E-state index in [1.807, 2.05) is 0 Å². The summed E-state index contributed by atoms with van der Waals surface area (Å²) in [5.74, 6) is 1.94. The molecule has 0 aromatic carbocycles. The third-order valence-corrected chi connectivity index (χ3v) is 6.06. The molecule has 2 saturated carbocycles. The van der Waals surface area contributed by atoms with E-state index in [9.17, 15) is 4.79 Å². The van der Waals surface area contributed by atoms with Crippen LogP contribution in [0, 0.1) is 5.41 Å². The van der Waals surface area contributed by atoms with Crippen molar-refractivity contribution in [3.63, 3.8) is 0 Å². The summed E-state index contributed by atoms with van der Waals surface area (Å²) in [6.07, 6.45) is 10.1. The molecule has 1 spiro atoms. The number of aromatic nitrogens is 3. The zero-order valence-corrected chi connectivity index (χ0v) is 13.8. The molecule has 1 saturated heterocycles. The first-order valence-electron chi connectivity index (χ1n) is 9.12. The molecule has 3 fully saturated rings. The predicted molar refractivity (Wildman–Crippen MR) is 86.9 cm³/mol. The van der Waals surface area contributed by atoms with E-state index in [4.69, 9.17) is 15.8 Å². The molecule has 0 unspecified atom stereocenters. The average molecular weight is 317 g/mol. The molecular formula is C17H27N5O. The van der Waals surface area contributed by atoms with Gasteiger partial charge in [-0.3, -0.25) is 4.79 Å². The zero-order chi connectivity index (χ0) is 15.9. The van der Waals surface area contributed by atoms with Gasteiger partial charge in [-0.05, 0) is 50.6 Å². The summed E-state index contributed by atoms with van der Waals surface area (Å²) in [5, 5.41) is 8.16. The van der Waals surface area contributed by atoms with E-state index < -0.39 is 0 Å². The smallest absolute Gasteiger partial charge is 0.225 e. The maximum absolute atomic E-state index is 11.3. The van der Waals surface area contributed by atoms with Crippen molar-refractivity contribution in [3.8, 4) is 0 Å². The Morgan fingerprint density at radius 1 is 1.26 bits per heavy atom. The molecule has 23 heavy (non-hydrogen) atoms. The summed E-state index contributed by atoms with van der Waals surface area (Å²) in [7, 11) is 0. The second-order valence-corrected chi connectivity index (χ2v) is 7.63. The van der Waals surface area contributed by atoms with Crippen molar-refractivity contribution >= 4 is 5.91 Å². The Morgan fingerprint density at radius 3 is 2.70 bits per heavy atom. The summed E-state index contributed by atoms with van der Waals surface area (Å²) >= 11 is 0. The molecule has 1 amide bonds. The van der Waals surface area contributed by atoms with Crippen LogP contribution < -0.4 is 11.1 Å². The fraction of sp³-hybridized carbons (Fsp3) is 0.824. The standard InChI is InChI=1S/C17H27N5O/c18-14(23)10-15-20-16(13-11-17(13)6-8-19-9-7-17)22(21-15)12-4-2-1-3-5-12/h12-13,19H,1-11H2,(H2,18,23)/t13-/m1/s1. The Hall–Kier alpha value is -1.43. The normalized spacial score (nSPS) is 27.2. The van der Waals surface area contributed by atoms with E-state index in [2.05, 4.69) is 10.00 Å². The Kier molecular flexibility index (Phi) is 3.87. The summed E-state index contributed by atoms with van der Waals surface area (Å²) in [5.41, 5.74) is 5.79. The number of nitrogens with one attached hydrogen (secondary N) is 1. The number of hydrogen-bond donors (Lipinski definition) is 2. The number of amides is 1. The van der Waals surface area contributed by atoms with E-state index in [0.717, 1.165) is 18.9 Å². The maximum atomic E-state index is 11.3.